The number of amides is 2. The zero-order valence-corrected chi connectivity index (χ0v) is 22.9. The molecule has 2 aromatic rings. The van der Waals surface area contributed by atoms with Gasteiger partial charge in [-0.15, -0.1) is 0 Å². The summed E-state index contributed by atoms with van der Waals surface area (Å²) in [5, 5.41) is 2.83. The average Bonchev–Trinajstić information content (AvgIpc) is 2.91. The summed E-state index contributed by atoms with van der Waals surface area (Å²) in [4.78, 5) is 51.6. The molecule has 0 unspecified atom stereocenters. The lowest BCUT2D eigenvalue weighted by atomic mass is 10.1. The fraction of sp³-hybridized carbons (Fsp3) is 0.467. The molecule has 1 aliphatic rings. The van der Waals surface area contributed by atoms with Gasteiger partial charge >= 0.3 is 23.9 Å². The quantitative estimate of drug-likeness (QED) is 0.357. The molecule has 210 valence electrons. The lowest BCUT2D eigenvalue weighted by Gasteiger charge is -2.32. The first-order chi connectivity index (χ1) is 18.6. The Morgan fingerprint density at radius 3 is 2.03 bits per heavy atom. The number of hydrogen-bond acceptors (Lipinski definition) is 7. The molecule has 3 rings (SSSR count). The minimum atomic E-state index is -0.855. The summed E-state index contributed by atoms with van der Waals surface area (Å²) in [6.07, 6.45) is 0.797. The molecule has 0 bridgehead atoms. The highest BCUT2D eigenvalue weighted by Crippen LogP contribution is 2.17. The number of esters is 3. The zero-order valence-electron chi connectivity index (χ0n) is 22.9. The van der Waals surface area contributed by atoms with Gasteiger partial charge in [0.2, 0.25) is 0 Å². The van der Waals surface area contributed by atoms with E-state index in [0.717, 1.165) is 11.1 Å². The Morgan fingerprint density at radius 1 is 0.872 bits per heavy atom. The Balaban J connectivity index is 1.48. The molecule has 0 aromatic heterocycles. The van der Waals surface area contributed by atoms with E-state index in [1.165, 1.54) is 0 Å². The fourth-order valence-electron chi connectivity index (χ4n) is 4.13. The number of carbonyl (C=O) groups excluding carboxylic acids is 4. The van der Waals surface area contributed by atoms with Crippen molar-refractivity contribution in [3.63, 3.8) is 0 Å². The van der Waals surface area contributed by atoms with Crippen LogP contribution in [0.3, 0.4) is 0 Å². The molecule has 1 atom stereocenters. The maximum absolute atomic E-state index is 13.0. The third-order valence-electron chi connectivity index (χ3n) is 6.07. The molecule has 9 nitrogen and oxygen atoms in total. The summed E-state index contributed by atoms with van der Waals surface area (Å²) in [6.45, 7) is 6.16. The van der Waals surface area contributed by atoms with Gasteiger partial charge in [0.05, 0.1) is 12.8 Å². The summed E-state index contributed by atoms with van der Waals surface area (Å²) >= 11 is 0. The van der Waals surface area contributed by atoms with Crippen molar-refractivity contribution in [2.75, 3.05) is 13.1 Å². The first-order valence-electron chi connectivity index (χ1n) is 13.3. The smallest absolute Gasteiger partial charge is 0.329 e. The van der Waals surface area contributed by atoms with Crippen molar-refractivity contribution in [2.24, 2.45) is 0 Å². The second kappa shape index (κ2) is 14.3. The fourth-order valence-corrected chi connectivity index (χ4v) is 4.13. The first kappa shape index (κ1) is 29.7. The number of benzene rings is 2. The predicted molar refractivity (Wildman–Crippen MR) is 144 cm³/mol. The monoisotopic (exact) mass is 538 g/mol. The summed E-state index contributed by atoms with van der Waals surface area (Å²) in [5.74, 6) is -1.42. The third kappa shape index (κ3) is 10.8. The van der Waals surface area contributed by atoms with Crippen molar-refractivity contribution in [1.82, 2.24) is 10.2 Å². The molecule has 0 aliphatic carbocycles. The molecule has 9 heteroatoms. The van der Waals surface area contributed by atoms with E-state index in [4.69, 9.17) is 14.2 Å². The SMILES string of the molecule is CC(C)(C)OC(=O)CCC(=O)OC1CCN(C(=O)N[C@@H](Cc2ccccc2)C(=O)OCc2ccccc2)CC1. The van der Waals surface area contributed by atoms with E-state index >= 15 is 0 Å². The Morgan fingerprint density at radius 2 is 1.44 bits per heavy atom. The number of urea groups is 1. The van der Waals surface area contributed by atoms with E-state index in [1.54, 1.807) is 25.7 Å². The highest BCUT2D eigenvalue weighted by atomic mass is 16.6. The van der Waals surface area contributed by atoms with E-state index in [2.05, 4.69) is 5.32 Å². The maximum Gasteiger partial charge on any atom is 0.329 e. The number of rotatable bonds is 10. The van der Waals surface area contributed by atoms with Gasteiger partial charge in [-0.2, -0.15) is 0 Å². The molecular formula is C30H38N2O7. The topological polar surface area (TPSA) is 111 Å². The molecule has 39 heavy (non-hydrogen) atoms. The van der Waals surface area contributed by atoms with Gasteiger partial charge in [0.15, 0.2) is 0 Å². The number of likely N-dealkylation sites (tertiary alicyclic amines) is 1. The van der Waals surface area contributed by atoms with Crippen LogP contribution in [0.2, 0.25) is 0 Å². The lowest BCUT2D eigenvalue weighted by Crippen LogP contribution is -2.52. The molecule has 1 N–H and O–H groups in total. The van der Waals surface area contributed by atoms with Gasteiger partial charge in [-0.25, -0.2) is 9.59 Å². The van der Waals surface area contributed by atoms with E-state index < -0.39 is 29.6 Å². The average molecular weight is 539 g/mol. The van der Waals surface area contributed by atoms with Crippen LogP contribution in [-0.4, -0.2) is 59.7 Å². The second-order valence-corrected chi connectivity index (χ2v) is 10.5. The van der Waals surface area contributed by atoms with Crippen molar-refractivity contribution >= 4 is 23.9 Å². The number of piperidine rings is 1. The standard InChI is InChI=1S/C30H38N2O7/c1-30(2,3)39-27(34)15-14-26(33)38-24-16-18-32(19-17-24)29(36)31-25(20-22-10-6-4-7-11-22)28(35)37-21-23-12-8-5-9-13-23/h4-13,24-25H,14-21H2,1-3H3,(H,31,36)/t25-/m0/s1. The van der Waals surface area contributed by atoms with Crippen molar-refractivity contribution < 1.29 is 33.4 Å². The van der Waals surface area contributed by atoms with Crippen LogP contribution >= 0.6 is 0 Å². The molecule has 1 saturated heterocycles. The van der Waals surface area contributed by atoms with Gasteiger partial charge in [-0.05, 0) is 31.9 Å². The van der Waals surface area contributed by atoms with Gasteiger partial charge in [0, 0.05) is 32.4 Å². The summed E-state index contributed by atoms with van der Waals surface area (Å²) in [6, 6.07) is 17.6. The Kier molecular flexibility index (Phi) is 10.9. The Labute approximate surface area is 229 Å². The number of carbonyl (C=O) groups is 4. The van der Waals surface area contributed by atoms with Gasteiger partial charge < -0.3 is 24.4 Å². The number of nitrogens with one attached hydrogen (secondary N) is 1. The minimum absolute atomic E-state index is 0.0411. The summed E-state index contributed by atoms with van der Waals surface area (Å²) in [7, 11) is 0. The second-order valence-electron chi connectivity index (χ2n) is 10.5. The normalized spacial score (nSPS) is 14.7. The number of hydrogen-bond donors (Lipinski definition) is 1. The van der Waals surface area contributed by atoms with Crippen molar-refractivity contribution in [3.05, 3.63) is 71.8 Å². The molecule has 1 heterocycles. The van der Waals surface area contributed by atoms with Crippen LogP contribution in [0, 0.1) is 0 Å². The molecule has 1 aliphatic heterocycles. The third-order valence-corrected chi connectivity index (χ3v) is 6.07. The van der Waals surface area contributed by atoms with Crippen LogP contribution in [0.15, 0.2) is 60.7 Å². The van der Waals surface area contributed by atoms with Crippen LogP contribution in [0.1, 0.15) is 57.6 Å². The Hall–Kier alpha value is -3.88. The number of ether oxygens (including phenoxy) is 3. The summed E-state index contributed by atoms with van der Waals surface area (Å²) in [5.41, 5.74) is 1.16. The largest absolute Gasteiger partial charge is 0.462 e. The van der Waals surface area contributed by atoms with Gasteiger partial charge in [-0.1, -0.05) is 60.7 Å². The van der Waals surface area contributed by atoms with Crippen LogP contribution in [0.4, 0.5) is 4.79 Å². The van der Waals surface area contributed by atoms with Gasteiger partial charge in [0.25, 0.3) is 0 Å². The predicted octanol–water partition coefficient (Wildman–Crippen LogP) is 4.18. The zero-order chi connectivity index (χ0) is 28.3. The van der Waals surface area contributed by atoms with E-state index in [-0.39, 0.29) is 31.6 Å². The maximum atomic E-state index is 13.0. The van der Waals surface area contributed by atoms with E-state index in [1.807, 2.05) is 60.7 Å². The van der Waals surface area contributed by atoms with Crippen LogP contribution < -0.4 is 5.32 Å². The van der Waals surface area contributed by atoms with Gasteiger partial charge in [-0.3, -0.25) is 9.59 Å². The highest BCUT2D eigenvalue weighted by molar-refractivity contribution is 5.84. The molecule has 2 aromatic carbocycles. The molecule has 2 amide bonds. The molecule has 0 radical (unpaired) electrons. The number of nitrogens with zero attached hydrogens (tertiary/aromatic N) is 1. The molecular weight excluding hydrogens is 500 g/mol. The van der Waals surface area contributed by atoms with Crippen molar-refractivity contribution in [3.8, 4) is 0 Å². The Bertz CT molecular complexity index is 1090. The van der Waals surface area contributed by atoms with Crippen LogP contribution in [0.25, 0.3) is 0 Å². The lowest BCUT2D eigenvalue weighted by molar-refractivity contribution is -0.160. The van der Waals surface area contributed by atoms with Crippen LogP contribution in [-0.2, 0) is 41.6 Å². The van der Waals surface area contributed by atoms with Crippen LogP contribution in [0.5, 0.6) is 0 Å². The minimum Gasteiger partial charge on any atom is -0.462 e. The molecule has 1 fully saturated rings. The van der Waals surface area contributed by atoms with Gasteiger partial charge in [0.1, 0.15) is 24.4 Å². The highest BCUT2D eigenvalue weighted by Gasteiger charge is 2.29. The molecule has 0 spiro atoms. The van der Waals surface area contributed by atoms with Crippen molar-refractivity contribution in [2.45, 2.75) is 77.2 Å². The van der Waals surface area contributed by atoms with E-state index in [9.17, 15) is 19.2 Å². The first-order valence-corrected chi connectivity index (χ1v) is 13.3. The van der Waals surface area contributed by atoms with Crippen molar-refractivity contribution in [1.29, 1.82) is 0 Å². The summed E-state index contributed by atoms with van der Waals surface area (Å²) < 4.78 is 16.2. The van der Waals surface area contributed by atoms with E-state index in [0.29, 0.717) is 32.4 Å². The molecule has 0 saturated carbocycles.